The summed E-state index contributed by atoms with van der Waals surface area (Å²) >= 11 is 1.86. The predicted molar refractivity (Wildman–Crippen MR) is 81.4 cm³/mol. The van der Waals surface area contributed by atoms with Crippen molar-refractivity contribution in [3.63, 3.8) is 0 Å². The average Bonchev–Trinajstić information content (AvgIpc) is 2.93. The molecular weight excluding hydrogens is 252 g/mol. The molecule has 0 radical (unpaired) electrons. The largest absolute Gasteiger partial charge is 0.327 e. The molecule has 19 heavy (non-hydrogen) atoms. The minimum atomic E-state index is 0.296. The maximum absolute atomic E-state index is 6.24. The molecule has 1 aliphatic heterocycles. The summed E-state index contributed by atoms with van der Waals surface area (Å²) in [6.45, 7) is 3.15. The van der Waals surface area contributed by atoms with Crippen molar-refractivity contribution in [2.45, 2.75) is 24.9 Å². The van der Waals surface area contributed by atoms with Crippen molar-refractivity contribution >= 4 is 11.3 Å². The minimum Gasteiger partial charge on any atom is -0.327 e. The quantitative estimate of drug-likeness (QED) is 0.930. The van der Waals surface area contributed by atoms with Crippen molar-refractivity contribution in [3.8, 4) is 0 Å². The molecule has 2 N–H and O–H groups in total. The number of hydrogen-bond donors (Lipinski definition) is 1. The van der Waals surface area contributed by atoms with Crippen LogP contribution < -0.4 is 5.73 Å². The Balaban J connectivity index is 1.69. The van der Waals surface area contributed by atoms with Crippen molar-refractivity contribution < 1.29 is 0 Å². The normalized spacial score (nSPS) is 24.5. The standard InChI is InChI=1S/C16H20N2S/c17-15-9-14(16-7-4-8-19-16)11-18(12-15)10-13-5-2-1-3-6-13/h1-8,14-15H,9-12,17H2. The van der Waals surface area contributed by atoms with Crippen LogP contribution in [0.2, 0.25) is 0 Å². The van der Waals surface area contributed by atoms with Gasteiger partial charge in [-0.1, -0.05) is 36.4 Å². The van der Waals surface area contributed by atoms with E-state index in [9.17, 15) is 0 Å². The van der Waals surface area contributed by atoms with Gasteiger partial charge >= 0.3 is 0 Å². The van der Waals surface area contributed by atoms with Crippen LogP contribution in [0.15, 0.2) is 47.8 Å². The summed E-state index contributed by atoms with van der Waals surface area (Å²) in [6.07, 6.45) is 1.12. The highest BCUT2D eigenvalue weighted by atomic mass is 32.1. The number of piperidine rings is 1. The van der Waals surface area contributed by atoms with Crippen LogP contribution in [0.25, 0.3) is 0 Å². The average molecular weight is 272 g/mol. The van der Waals surface area contributed by atoms with Crippen LogP contribution in [0.5, 0.6) is 0 Å². The highest BCUT2D eigenvalue weighted by molar-refractivity contribution is 7.10. The van der Waals surface area contributed by atoms with Crippen molar-refractivity contribution in [2.75, 3.05) is 13.1 Å². The molecule has 2 unspecified atom stereocenters. The van der Waals surface area contributed by atoms with Gasteiger partial charge in [0.05, 0.1) is 0 Å². The molecule has 1 aromatic carbocycles. The first-order chi connectivity index (χ1) is 9.31. The molecule has 3 rings (SSSR count). The zero-order valence-corrected chi connectivity index (χ0v) is 11.9. The molecule has 2 aromatic rings. The second-order valence-corrected chi connectivity index (χ2v) is 6.37. The van der Waals surface area contributed by atoms with Crippen molar-refractivity contribution in [3.05, 3.63) is 58.3 Å². The van der Waals surface area contributed by atoms with E-state index >= 15 is 0 Å². The van der Waals surface area contributed by atoms with Gasteiger partial charge in [0, 0.05) is 36.5 Å². The van der Waals surface area contributed by atoms with Gasteiger partial charge in [0.15, 0.2) is 0 Å². The Morgan fingerprint density at radius 3 is 2.68 bits per heavy atom. The molecule has 3 heteroatoms. The zero-order valence-electron chi connectivity index (χ0n) is 11.0. The maximum Gasteiger partial charge on any atom is 0.0234 e. The van der Waals surface area contributed by atoms with E-state index in [1.165, 1.54) is 10.4 Å². The SMILES string of the molecule is NC1CC(c2cccs2)CN(Cc2ccccc2)C1. The summed E-state index contributed by atoms with van der Waals surface area (Å²) < 4.78 is 0. The second kappa shape index (κ2) is 5.87. The first-order valence-corrected chi connectivity index (χ1v) is 7.74. The molecule has 0 bridgehead atoms. The van der Waals surface area contributed by atoms with E-state index < -0.39 is 0 Å². The number of benzene rings is 1. The van der Waals surface area contributed by atoms with E-state index in [4.69, 9.17) is 5.73 Å². The van der Waals surface area contributed by atoms with Crippen LogP contribution in [0.4, 0.5) is 0 Å². The molecule has 0 amide bonds. The topological polar surface area (TPSA) is 29.3 Å². The third kappa shape index (κ3) is 3.24. The van der Waals surface area contributed by atoms with Gasteiger partial charge < -0.3 is 5.73 Å². The summed E-state index contributed by atoms with van der Waals surface area (Å²) in [5.74, 6) is 0.604. The molecule has 2 atom stereocenters. The van der Waals surface area contributed by atoms with E-state index in [0.29, 0.717) is 12.0 Å². The summed E-state index contributed by atoms with van der Waals surface area (Å²) in [4.78, 5) is 3.97. The first kappa shape index (κ1) is 12.9. The minimum absolute atomic E-state index is 0.296. The van der Waals surface area contributed by atoms with Crippen LogP contribution in [0.3, 0.4) is 0 Å². The Bertz CT molecular complexity index is 495. The van der Waals surface area contributed by atoms with Crippen LogP contribution in [-0.2, 0) is 6.54 Å². The fourth-order valence-electron chi connectivity index (χ4n) is 2.93. The summed E-state index contributed by atoms with van der Waals surface area (Å²) in [7, 11) is 0. The number of nitrogens with zero attached hydrogens (tertiary/aromatic N) is 1. The van der Waals surface area contributed by atoms with Gasteiger partial charge in [-0.2, -0.15) is 0 Å². The predicted octanol–water partition coefficient (Wildman–Crippen LogP) is 3.06. The molecule has 0 aliphatic carbocycles. The fourth-order valence-corrected chi connectivity index (χ4v) is 3.77. The van der Waals surface area contributed by atoms with E-state index in [0.717, 1.165) is 26.1 Å². The number of nitrogens with two attached hydrogens (primary N) is 1. The van der Waals surface area contributed by atoms with Crippen LogP contribution in [-0.4, -0.2) is 24.0 Å². The van der Waals surface area contributed by atoms with Crippen molar-refractivity contribution in [1.82, 2.24) is 4.90 Å². The smallest absolute Gasteiger partial charge is 0.0234 e. The lowest BCUT2D eigenvalue weighted by atomic mass is 9.93. The van der Waals surface area contributed by atoms with Crippen molar-refractivity contribution in [2.24, 2.45) is 5.73 Å². The Labute approximate surface area is 118 Å². The number of rotatable bonds is 3. The van der Waals surface area contributed by atoms with E-state index in [1.54, 1.807) is 0 Å². The van der Waals surface area contributed by atoms with E-state index in [2.05, 4.69) is 52.7 Å². The highest BCUT2D eigenvalue weighted by Crippen LogP contribution is 2.30. The maximum atomic E-state index is 6.24. The third-order valence-corrected chi connectivity index (χ3v) is 4.79. The van der Waals surface area contributed by atoms with Gasteiger partial charge in [-0.15, -0.1) is 11.3 Å². The molecular formula is C16H20N2S. The second-order valence-electron chi connectivity index (χ2n) is 5.39. The summed E-state index contributed by atoms with van der Waals surface area (Å²) in [5.41, 5.74) is 7.61. The molecule has 1 saturated heterocycles. The van der Waals surface area contributed by atoms with Gasteiger partial charge in [-0.3, -0.25) is 4.90 Å². The van der Waals surface area contributed by atoms with E-state index in [-0.39, 0.29) is 0 Å². The lowest BCUT2D eigenvalue weighted by Crippen LogP contribution is -2.45. The Kier molecular flexibility index (Phi) is 3.97. The molecule has 1 aliphatic rings. The number of likely N-dealkylation sites (tertiary alicyclic amines) is 1. The van der Waals surface area contributed by atoms with Crippen LogP contribution in [0, 0.1) is 0 Å². The van der Waals surface area contributed by atoms with Gasteiger partial charge in [-0.05, 0) is 23.4 Å². The van der Waals surface area contributed by atoms with Crippen molar-refractivity contribution in [1.29, 1.82) is 0 Å². The fraction of sp³-hybridized carbons (Fsp3) is 0.375. The van der Waals surface area contributed by atoms with E-state index in [1.807, 2.05) is 11.3 Å². The highest BCUT2D eigenvalue weighted by Gasteiger charge is 2.26. The molecule has 100 valence electrons. The monoisotopic (exact) mass is 272 g/mol. The Morgan fingerprint density at radius 1 is 1.11 bits per heavy atom. The van der Waals surface area contributed by atoms with Gasteiger partial charge in [0.2, 0.25) is 0 Å². The van der Waals surface area contributed by atoms with Gasteiger partial charge in [-0.25, -0.2) is 0 Å². The Hall–Kier alpha value is -1.16. The number of hydrogen-bond acceptors (Lipinski definition) is 3. The molecule has 2 nitrogen and oxygen atoms in total. The summed E-state index contributed by atoms with van der Waals surface area (Å²) in [5, 5.41) is 2.16. The molecule has 2 heterocycles. The lowest BCUT2D eigenvalue weighted by molar-refractivity contribution is 0.182. The van der Waals surface area contributed by atoms with Crippen LogP contribution in [0.1, 0.15) is 22.8 Å². The number of thiophene rings is 1. The third-order valence-electron chi connectivity index (χ3n) is 3.75. The molecule has 0 spiro atoms. The van der Waals surface area contributed by atoms with Gasteiger partial charge in [0.1, 0.15) is 0 Å². The molecule has 1 aromatic heterocycles. The van der Waals surface area contributed by atoms with Gasteiger partial charge in [0.25, 0.3) is 0 Å². The lowest BCUT2D eigenvalue weighted by Gasteiger charge is -2.36. The zero-order chi connectivity index (χ0) is 13.1. The van der Waals surface area contributed by atoms with Crippen LogP contribution >= 0.6 is 11.3 Å². The first-order valence-electron chi connectivity index (χ1n) is 6.86. The summed E-state index contributed by atoms with van der Waals surface area (Å²) in [6, 6.07) is 15.4. The molecule has 1 fully saturated rings. The Morgan fingerprint density at radius 2 is 1.95 bits per heavy atom. The molecule has 0 saturated carbocycles.